The van der Waals surface area contributed by atoms with Gasteiger partial charge in [0, 0.05) is 37.0 Å². The van der Waals surface area contributed by atoms with Gasteiger partial charge in [0.2, 0.25) is 0 Å². The number of piperidine rings is 1. The molecule has 0 spiro atoms. The van der Waals surface area contributed by atoms with E-state index in [1.807, 2.05) is 0 Å². The van der Waals surface area contributed by atoms with Gasteiger partial charge in [-0.2, -0.15) is 13.2 Å². The van der Waals surface area contributed by atoms with E-state index in [1.165, 1.54) is 19.4 Å². The van der Waals surface area contributed by atoms with Gasteiger partial charge in [-0.15, -0.1) is 0 Å². The molecule has 190 valence electrons. The van der Waals surface area contributed by atoms with Gasteiger partial charge in [-0.1, -0.05) is 0 Å². The number of carbonyl (C=O) groups is 1. The first-order chi connectivity index (χ1) is 16.7. The predicted molar refractivity (Wildman–Crippen MR) is 122 cm³/mol. The largest absolute Gasteiger partial charge is 0.496 e. The number of nitrogen functional groups attached to an aromatic ring is 1. The van der Waals surface area contributed by atoms with Crippen molar-refractivity contribution in [3.05, 3.63) is 35.8 Å². The molecule has 1 aliphatic carbocycles. The molecule has 1 saturated heterocycles. The Morgan fingerprint density at radius 1 is 1.06 bits per heavy atom. The zero-order chi connectivity index (χ0) is 25.2. The fourth-order valence-corrected chi connectivity index (χ4v) is 4.66. The predicted octanol–water partition coefficient (Wildman–Crippen LogP) is 4.06. The number of aromatic nitrogens is 2. The lowest BCUT2D eigenvalue weighted by Gasteiger charge is -2.36. The standard InChI is InChI=1S/C24H29F3N4O4/c1-33-19-10-22(28)30-11-17(19)15-3-5-31(6-4-15)23(32)18-9-20(34-2)21(12-29-18)35-13-14-7-16(8-14)24(25,26)27/h9-12,14-16H,3-8,13H2,1-2H3,(H2,28,30)/t14-,16+. The van der Waals surface area contributed by atoms with Crippen LogP contribution in [-0.4, -0.2) is 60.9 Å². The van der Waals surface area contributed by atoms with Crippen molar-refractivity contribution in [2.75, 3.05) is 39.6 Å². The highest BCUT2D eigenvalue weighted by Crippen LogP contribution is 2.45. The van der Waals surface area contributed by atoms with Crippen molar-refractivity contribution in [2.45, 2.75) is 37.8 Å². The van der Waals surface area contributed by atoms with Crippen LogP contribution in [-0.2, 0) is 0 Å². The minimum Gasteiger partial charge on any atom is -0.496 e. The van der Waals surface area contributed by atoms with Crippen molar-refractivity contribution < 1.29 is 32.2 Å². The van der Waals surface area contributed by atoms with Crippen LogP contribution in [0.4, 0.5) is 19.0 Å². The average molecular weight is 495 g/mol. The Hall–Kier alpha value is -3.24. The normalized spacial score (nSPS) is 20.8. The van der Waals surface area contributed by atoms with Crippen LogP contribution in [0.25, 0.3) is 0 Å². The summed E-state index contributed by atoms with van der Waals surface area (Å²) < 4.78 is 54.4. The summed E-state index contributed by atoms with van der Waals surface area (Å²) in [4.78, 5) is 23.2. The van der Waals surface area contributed by atoms with Crippen LogP contribution >= 0.6 is 0 Å². The van der Waals surface area contributed by atoms with E-state index in [9.17, 15) is 18.0 Å². The van der Waals surface area contributed by atoms with Crippen molar-refractivity contribution in [1.29, 1.82) is 0 Å². The first kappa shape index (κ1) is 24.9. The van der Waals surface area contributed by atoms with E-state index in [1.54, 1.807) is 24.3 Å². The van der Waals surface area contributed by atoms with E-state index in [2.05, 4.69) is 9.97 Å². The summed E-state index contributed by atoms with van der Waals surface area (Å²) in [6.07, 6.45) is 0.578. The Balaban J connectivity index is 1.34. The second-order valence-corrected chi connectivity index (χ2v) is 9.02. The summed E-state index contributed by atoms with van der Waals surface area (Å²) in [6, 6.07) is 3.21. The Bertz CT molecular complexity index is 1050. The van der Waals surface area contributed by atoms with Gasteiger partial charge < -0.3 is 24.8 Å². The maximum absolute atomic E-state index is 13.0. The van der Waals surface area contributed by atoms with Gasteiger partial charge in [0.25, 0.3) is 5.91 Å². The molecule has 4 rings (SSSR count). The molecule has 0 aromatic carbocycles. The minimum atomic E-state index is -4.15. The zero-order valence-electron chi connectivity index (χ0n) is 19.7. The maximum Gasteiger partial charge on any atom is 0.391 e. The second kappa shape index (κ2) is 10.2. The highest BCUT2D eigenvalue weighted by Gasteiger charge is 2.47. The molecule has 0 bridgehead atoms. The van der Waals surface area contributed by atoms with Gasteiger partial charge in [0.05, 0.1) is 32.9 Å². The van der Waals surface area contributed by atoms with Gasteiger partial charge in [-0.3, -0.25) is 4.79 Å². The first-order valence-corrected chi connectivity index (χ1v) is 11.5. The molecule has 0 unspecified atom stereocenters. The van der Waals surface area contributed by atoms with Crippen molar-refractivity contribution in [2.24, 2.45) is 11.8 Å². The van der Waals surface area contributed by atoms with Crippen LogP contribution < -0.4 is 19.9 Å². The number of methoxy groups -OCH3 is 2. The second-order valence-electron chi connectivity index (χ2n) is 9.02. The molecule has 8 nitrogen and oxygen atoms in total. The monoisotopic (exact) mass is 494 g/mol. The molecular weight excluding hydrogens is 465 g/mol. The quantitative estimate of drug-likeness (QED) is 0.620. The lowest BCUT2D eigenvalue weighted by Crippen LogP contribution is -2.38. The van der Waals surface area contributed by atoms with Crippen LogP contribution in [0.5, 0.6) is 17.2 Å². The van der Waals surface area contributed by atoms with Crippen molar-refractivity contribution >= 4 is 11.7 Å². The number of anilines is 1. The van der Waals surface area contributed by atoms with Gasteiger partial charge in [-0.25, -0.2) is 9.97 Å². The first-order valence-electron chi connectivity index (χ1n) is 11.5. The third-order valence-corrected chi connectivity index (χ3v) is 6.80. The highest BCUT2D eigenvalue weighted by molar-refractivity contribution is 5.93. The molecule has 2 fully saturated rings. The molecule has 1 aliphatic heterocycles. The third-order valence-electron chi connectivity index (χ3n) is 6.80. The minimum absolute atomic E-state index is 0.0596. The Morgan fingerprint density at radius 2 is 1.74 bits per heavy atom. The lowest BCUT2D eigenvalue weighted by atomic mass is 9.75. The number of hydrogen-bond donors (Lipinski definition) is 1. The molecule has 2 N–H and O–H groups in total. The molecule has 3 heterocycles. The molecule has 1 amide bonds. The number of carbonyl (C=O) groups excluding carboxylic acids is 1. The number of rotatable bonds is 7. The average Bonchev–Trinajstić information content (AvgIpc) is 2.81. The number of hydrogen-bond acceptors (Lipinski definition) is 7. The molecule has 11 heteroatoms. The SMILES string of the molecule is COc1cc(C(=O)N2CCC(c3cnc(N)cc3OC)CC2)ncc1OC[C@H]1C[C@@H](C(F)(F)F)C1. The number of nitrogens with zero attached hydrogens (tertiary/aromatic N) is 3. The smallest absolute Gasteiger partial charge is 0.391 e. The maximum atomic E-state index is 13.0. The molecule has 2 aliphatic rings. The molecule has 2 aromatic rings. The molecule has 0 radical (unpaired) electrons. The fourth-order valence-electron chi connectivity index (χ4n) is 4.66. The molecule has 2 aromatic heterocycles. The topological polar surface area (TPSA) is 99.8 Å². The van der Waals surface area contributed by atoms with Crippen molar-refractivity contribution in [3.63, 3.8) is 0 Å². The van der Waals surface area contributed by atoms with Crippen LogP contribution in [0, 0.1) is 11.8 Å². The zero-order valence-corrected chi connectivity index (χ0v) is 19.7. The number of nitrogens with two attached hydrogens (primary N) is 1. The lowest BCUT2D eigenvalue weighted by molar-refractivity contribution is -0.206. The Morgan fingerprint density at radius 3 is 2.37 bits per heavy atom. The molecule has 1 saturated carbocycles. The van der Waals surface area contributed by atoms with Gasteiger partial charge in [-0.05, 0) is 37.5 Å². The number of likely N-dealkylation sites (tertiary alicyclic amines) is 1. The molecular formula is C24H29F3N4O4. The molecule has 0 atom stereocenters. The van der Waals surface area contributed by atoms with Crippen molar-refractivity contribution in [3.8, 4) is 17.2 Å². The van der Waals surface area contributed by atoms with E-state index in [0.717, 1.165) is 18.4 Å². The third kappa shape index (κ3) is 5.54. The Kier molecular flexibility index (Phi) is 7.23. The van der Waals surface area contributed by atoms with Gasteiger partial charge in [0.1, 0.15) is 17.3 Å². The number of ether oxygens (including phenoxy) is 3. The van der Waals surface area contributed by atoms with Gasteiger partial charge >= 0.3 is 6.18 Å². The summed E-state index contributed by atoms with van der Waals surface area (Å²) in [7, 11) is 3.04. The van der Waals surface area contributed by atoms with Crippen LogP contribution in [0.2, 0.25) is 0 Å². The van der Waals surface area contributed by atoms with Gasteiger partial charge in [0.15, 0.2) is 11.5 Å². The number of alkyl halides is 3. The number of halogens is 3. The summed E-state index contributed by atoms with van der Waals surface area (Å²) in [5, 5.41) is 0. The van der Waals surface area contributed by atoms with Crippen LogP contribution in [0.15, 0.2) is 24.5 Å². The van der Waals surface area contributed by atoms with E-state index in [4.69, 9.17) is 19.9 Å². The van der Waals surface area contributed by atoms with Crippen LogP contribution in [0.1, 0.15) is 47.7 Å². The van der Waals surface area contributed by atoms with E-state index in [-0.39, 0.29) is 42.9 Å². The highest BCUT2D eigenvalue weighted by atomic mass is 19.4. The van der Waals surface area contributed by atoms with E-state index >= 15 is 0 Å². The van der Waals surface area contributed by atoms with E-state index < -0.39 is 12.1 Å². The number of amides is 1. The Labute approximate surface area is 201 Å². The summed E-state index contributed by atoms with van der Waals surface area (Å²) in [6.45, 7) is 1.23. The van der Waals surface area contributed by atoms with Crippen molar-refractivity contribution in [1.82, 2.24) is 14.9 Å². The fraction of sp³-hybridized carbons (Fsp3) is 0.542. The summed E-state index contributed by atoms with van der Waals surface area (Å²) in [5.41, 5.74) is 6.94. The summed E-state index contributed by atoms with van der Waals surface area (Å²) >= 11 is 0. The van der Waals surface area contributed by atoms with Crippen LogP contribution in [0.3, 0.4) is 0 Å². The summed E-state index contributed by atoms with van der Waals surface area (Å²) in [5.74, 6) is 0.278. The van der Waals surface area contributed by atoms with E-state index in [0.29, 0.717) is 36.2 Å². The number of pyridine rings is 2. The molecule has 35 heavy (non-hydrogen) atoms.